The van der Waals surface area contributed by atoms with E-state index in [-0.39, 0.29) is 28.8 Å². The van der Waals surface area contributed by atoms with Crippen LogP contribution in [0.3, 0.4) is 0 Å². The largest absolute Gasteiger partial charge is 0.479 e. The highest BCUT2D eigenvalue weighted by Crippen LogP contribution is 2.34. The lowest BCUT2D eigenvalue weighted by Crippen LogP contribution is -2.35. The lowest BCUT2D eigenvalue weighted by Gasteiger charge is -2.26. The summed E-state index contributed by atoms with van der Waals surface area (Å²) >= 11 is 0. The molecule has 11 nitrogen and oxygen atoms in total. The number of nitrogens with zero attached hydrogens (tertiary/aromatic N) is 6. The van der Waals surface area contributed by atoms with Crippen molar-refractivity contribution in [3.8, 4) is 17.1 Å². The third-order valence-electron chi connectivity index (χ3n) is 6.13. The third-order valence-corrected chi connectivity index (χ3v) is 6.13. The molecule has 1 aliphatic heterocycles. The molecule has 1 aliphatic rings. The van der Waals surface area contributed by atoms with E-state index in [1.54, 1.807) is 24.8 Å². The molecule has 0 atom stereocenters. The number of morpholine rings is 1. The maximum absolute atomic E-state index is 15.1. The van der Waals surface area contributed by atoms with Crippen LogP contribution in [0, 0.1) is 5.82 Å². The van der Waals surface area contributed by atoms with E-state index >= 15 is 4.39 Å². The Balaban J connectivity index is 1.51. The van der Waals surface area contributed by atoms with Gasteiger partial charge in [-0.15, -0.1) is 0 Å². The number of fused-ring (bicyclic) bond motifs is 1. The summed E-state index contributed by atoms with van der Waals surface area (Å²) < 4.78 is 32.7. The Bertz CT molecular complexity index is 1450. The number of nitrogens with one attached hydrogen (secondary N) is 1. The number of rotatable bonds is 7. The zero-order chi connectivity index (χ0) is 25.9. The Morgan fingerprint density at radius 2 is 2.00 bits per heavy atom. The Morgan fingerprint density at radius 3 is 2.73 bits per heavy atom. The molecule has 12 heteroatoms. The van der Waals surface area contributed by atoms with Crippen molar-refractivity contribution < 1.29 is 23.4 Å². The van der Waals surface area contributed by atoms with E-state index < -0.39 is 11.8 Å². The summed E-state index contributed by atoms with van der Waals surface area (Å²) in [5.74, 6) is -1.13. The number of aryl methyl sites for hydroxylation is 1. The standard InChI is InChI=1S/C25H26FN7O4/c1-32-14-28-20-16(11-27-12-19(20)32)21-24(35-2)31-23(22(30-21)25(34)36-3)29-18-5-4-15(10-17(18)26)13-33-6-8-37-9-7-33/h4-5,10-12,14H,6-9,13H2,1-3H3,(H,29,31). The van der Waals surface area contributed by atoms with Gasteiger partial charge in [-0.3, -0.25) is 9.88 Å². The van der Waals surface area contributed by atoms with Crippen LogP contribution in [-0.2, 0) is 23.1 Å². The van der Waals surface area contributed by atoms with Gasteiger partial charge in [-0.1, -0.05) is 6.07 Å². The van der Waals surface area contributed by atoms with Gasteiger partial charge in [0.05, 0.1) is 56.7 Å². The number of methoxy groups -OCH3 is 2. The molecule has 0 bridgehead atoms. The number of carbonyl (C=O) groups is 1. The average Bonchev–Trinajstić information content (AvgIpc) is 3.31. The van der Waals surface area contributed by atoms with Gasteiger partial charge in [-0.25, -0.2) is 19.2 Å². The Hall–Kier alpha value is -4.16. The van der Waals surface area contributed by atoms with Crippen LogP contribution in [0.1, 0.15) is 16.1 Å². The van der Waals surface area contributed by atoms with Crippen molar-refractivity contribution in [2.24, 2.45) is 7.05 Å². The number of pyridine rings is 1. The summed E-state index contributed by atoms with van der Waals surface area (Å²) in [6.45, 7) is 3.55. The van der Waals surface area contributed by atoms with E-state index in [4.69, 9.17) is 14.2 Å². The molecule has 1 saturated heterocycles. The number of aromatic nitrogens is 5. The molecule has 4 heterocycles. The van der Waals surface area contributed by atoms with Crippen molar-refractivity contribution in [3.05, 3.63) is 54.0 Å². The van der Waals surface area contributed by atoms with Crippen LogP contribution in [0.2, 0.25) is 0 Å². The second kappa shape index (κ2) is 10.4. The normalized spacial score (nSPS) is 14.1. The topological polar surface area (TPSA) is 117 Å². The van der Waals surface area contributed by atoms with Crippen molar-refractivity contribution in [2.75, 3.05) is 45.8 Å². The predicted molar refractivity (Wildman–Crippen MR) is 133 cm³/mol. The number of hydrogen-bond donors (Lipinski definition) is 1. The fraction of sp³-hybridized carbons (Fsp3) is 0.320. The summed E-state index contributed by atoms with van der Waals surface area (Å²) in [5, 5.41) is 2.88. The minimum absolute atomic E-state index is 0.00608. The number of carbonyl (C=O) groups excluding carboxylic acids is 1. The van der Waals surface area contributed by atoms with Crippen LogP contribution in [0.15, 0.2) is 36.9 Å². The van der Waals surface area contributed by atoms with E-state index in [0.29, 0.717) is 30.8 Å². The molecular formula is C25H26FN7O4. The minimum atomic E-state index is -0.746. The van der Waals surface area contributed by atoms with Crippen molar-refractivity contribution >= 4 is 28.5 Å². The number of imidazole rings is 1. The smallest absolute Gasteiger partial charge is 0.360 e. The summed E-state index contributed by atoms with van der Waals surface area (Å²) in [4.78, 5) is 32.5. The number of esters is 1. The van der Waals surface area contributed by atoms with E-state index in [1.807, 2.05) is 17.7 Å². The minimum Gasteiger partial charge on any atom is -0.479 e. The van der Waals surface area contributed by atoms with E-state index in [0.717, 1.165) is 24.2 Å². The van der Waals surface area contributed by atoms with Crippen molar-refractivity contribution in [2.45, 2.75) is 6.54 Å². The van der Waals surface area contributed by atoms with Gasteiger partial charge in [0.1, 0.15) is 17.0 Å². The van der Waals surface area contributed by atoms with Gasteiger partial charge < -0.3 is 24.1 Å². The number of benzene rings is 1. The summed E-state index contributed by atoms with van der Waals surface area (Å²) in [7, 11) is 4.51. The van der Waals surface area contributed by atoms with Gasteiger partial charge >= 0.3 is 5.97 Å². The predicted octanol–water partition coefficient (Wildman–Crippen LogP) is 2.94. The molecule has 0 aliphatic carbocycles. The second-order valence-corrected chi connectivity index (χ2v) is 8.51. The monoisotopic (exact) mass is 507 g/mol. The Morgan fingerprint density at radius 1 is 1.19 bits per heavy atom. The van der Waals surface area contributed by atoms with Crippen LogP contribution in [0.5, 0.6) is 5.88 Å². The van der Waals surface area contributed by atoms with Crippen LogP contribution in [-0.4, -0.2) is 75.9 Å². The first-order valence-corrected chi connectivity index (χ1v) is 11.6. The van der Waals surface area contributed by atoms with Gasteiger partial charge in [0, 0.05) is 32.9 Å². The maximum Gasteiger partial charge on any atom is 0.360 e. The first kappa shape index (κ1) is 24.5. The molecule has 5 rings (SSSR count). The van der Waals surface area contributed by atoms with E-state index in [9.17, 15) is 4.79 Å². The molecule has 3 aromatic heterocycles. The maximum atomic E-state index is 15.1. The molecule has 4 aromatic rings. The highest BCUT2D eigenvalue weighted by Gasteiger charge is 2.24. The average molecular weight is 508 g/mol. The second-order valence-electron chi connectivity index (χ2n) is 8.51. The molecule has 37 heavy (non-hydrogen) atoms. The first-order chi connectivity index (χ1) is 18.0. The highest BCUT2D eigenvalue weighted by atomic mass is 19.1. The van der Waals surface area contributed by atoms with Gasteiger partial charge in [0.2, 0.25) is 5.88 Å². The fourth-order valence-corrected chi connectivity index (χ4v) is 4.18. The highest BCUT2D eigenvalue weighted by molar-refractivity contribution is 5.96. The number of anilines is 2. The van der Waals surface area contributed by atoms with Crippen molar-refractivity contribution in [3.63, 3.8) is 0 Å². The Kier molecular flexibility index (Phi) is 6.93. The molecule has 0 unspecified atom stereocenters. The van der Waals surface area contributed by atoms with Crippen molar-refractivity contribution in [1.29, 1.82) is 0 Å². The quantitative estimate of drug-likeness (QED) is 0.374. The molecule has 0 amide bonds. The SMILES string of the molecule is COC(=O)c1nc(-c2cncc3c2ncn3C)c(OC)nc1Nc1ccc(CN2CCOCC2)cc1F. The number of ether oxygens (including phenoxy) is 3. The molecule has 192 valence electrons. The Labute approximate surface area is 212 Å². The van der Waals surface area contributed by atoms with Gasteiger partial charge in [-0.2, -0.15) is 4.98 Å². The first-order valence-electron chi connectivity index (χ1n) is 11.6. The third kappa shape index (κ3) is 4.93. The number of halogens is 1. The van der Waals surface area contributed by atoms with Gasteiger partial charge in [-0.05, 0) is 17.7 Å². The molecule has 0 radical (unpaired) electrons. The van der Waals surface area contributed by atoms with Crippen LogP contribution < -0.4 is 10.1 Å². The summed E-state index contributed by atoms with van der Waals surface area (Å²) in [6, 6.07) is 4.89. The van der Waals surface area contributed by atoms with E-state index in [2.05, 4.69) is 30.2 Å². The van der Waals surface area contributed by atoms with Crippen molar-refractivity contribution in [1.82, 2.24) is 29.4 Å². The molecule has 0 spiro atoms. The lowest BCUT2D eigenvalue weighted by atomic mass is 10.1. The molecule has 1 fully saturated rings. The summed E-state index contributed by atoms with van der Waals surface area (Å²) in [5.41, 5.74) is 2.99. The van der Waals surface area contributed by atoms with Crippen LogP contribution in [0.25, 0.3) is 22.3 Å². The van der Waals surface area contributed by atoms with Crippen LogP contribution >= 0.6 is 0 Å². The molecule has 1 N–H and O–H groups in total. The lowest BCUT2D eigenvalue weighted by molar-refractivity contribution is 0.0341. The zero-order valence-corrected chi connectivity index (χ0v) is 20.7. The van der Waals surface area contributed by atoms with Gasteiger partial charge in [0.15, 0.2) is 11.5 Å². The van der Waals surface area contributed by atoms with Crippen LogP contribution in [0.4, 0.5) is 15.9 Å². The molecule has 1 aromatic carbocycles. The molecular weight excluding hydrogens is 481 g/mol. The summed E-state index contributed by atoms with van der Waals surface area (Å²) in [6.07, 6.45) is 4.90. The van der Waals surface area contributed by atoms with Gasteiger partial charge in [0.25, 0.3) is 0 Å². The fourth-order valence-electron chi connectivity index (χ4n) is 4.18. The zero-order valence-electron chi connectivity index (χ0n) is 20.7. The van der Waals surface area contributed by atoms with E-state index in [1.165, 1.54) is 20.3 Å². The molecule has 0 saturated carbocycles. The number of hydrogen-bond acceptors (Lipinski definition) is 10.